The molecule has 0 spiro atoms. The zero-order valence-electron chi connectivity index (χ0n) is 9.74. The van der Waals surface area contributed by atoms with E-state index in [4.69, 9.17) is 9.84 Å². The van der Waals surface area contributed by atoms with Gasteiger partial charge >= 0.3 is 5.97 Å². The van der Waals surface area contributed by atoms with Gasteiger partial charge in [0, 0.05) is 18.7 Å². The van der Waals surface area contributed by atoms with E-state index in [1.807, 2.05) is 11.4 Å². The summed E-state index contributed by atoms with van der Waals surface area (Å²) in [6.45, 7) is 4.46. The number of hydrogen-bond acceptors (Lipinski definition) is 4. The first-order chi connectivity index (χ1) is 7.47. The van der Waals surface area contributed by atoms with Crippen LogP contribution >= 0.6 is 11.3 Å². The predicted octanol–water partition coefficient (Wildman–Crippen LogP) is 1.96. The van der Waals surface area contributed by atoms with E-state index >= 15 is 0 Å². The maximum absolute atomic E-state index is 10.9. The molecule has 1 rings (SSSR count). The fraction of sp³-hybridized carbons (Fsp3) is 0.545. The molecule has 1 aromatic rings. The number of rotatable bonds is 6. The van der Waals surface area contributed by atoms with Crippen LogP contribution in [-0.2, 0) is 11.3 Å². The van der Waals surface area contributed by atoms with Crippen LogP contribution in [0.4, 0.5) is 0 Å². The van der Waals surface area contributed by atoms with Crippen LogP contribution < -0.4 is 10.1 Å². The molecule has 5 heteroatoms. The number of nitrogens with one attached hydrogen (secondary N) is 1. The van der Waals surface area contributed by atoms with Crippen molar-refractivity contribution in [2.24, 2.45) is 5.41 Å². The van der Waals surface area contributed by atoms with Crippen molar-refractivity contribution in [1.29, 1.82) is 0 Å². The minimum Gasteiger partial charge on any atom is -0.487 e. The van der Waals surface area contributed by atoms with Gasteiger partial charge in [-0.05, 0) is 25.3 Å². The molecule has 16 heavy (non-hydrogen) atoms. The minimum absolute atomic E-state index is 0.432. The van der Waals surface area contributed by atoms with Crippen LogP contribution in [0.25, 0.3) is 0 Å². The highest BCUT2D eigenvalue weighted by Crippen LogP contribution is 2.25. The molecule has 2 N–H and O–H groups in total. The molecule has 90 valence electrons. The lowest BCUT2D eigenvalue weighted by atomic mass is 9.94. The lowest BCUT2D eigenvalue weighted by Gasteiger charge is -2.19. The Morgan fingerprint density at radius 1 is 1.62 bits per heavy atom. The second kappa shape index (κ2) is 5.32. The molecule has 0 aliphatic carbocycles. The number of carboxylic acids is 1. The Morgan fingerprint density at radius 3 is 2.88 bits per heavy atom. The maximum atomic E-state index is 10.9. The Balaban J connectivity index is 2.44. The van der Waals surface area contributed by atoms with Crippen LogP contribution in [0.15, 0.2) is 11.4 Å². The molecule has 1 aromatic heterocycles. The topological polar surface area (TPSA) is 58.6 Å². The van der Waals surface area contributed by atoms with Crippen molar-refractivity contribution in [1.82, 2.24) is 5.32 Å². The summed E-state index contributed by atoms with van der Waals surface area (Å²) in [6, 6.07) is 1.98. The highest BCUT2D eigenvalue weighted by molar-refractivity contribution is 7.12. The molecule has 0 saturated heterocycles. The van der Waals surface area contributed by atoms with E-state index in [0.717, 1.165) is 10.6 Å². The fourth-order valence-corrected chi connectivity index (χ4v) is 1.96. The molecule has 0 aliphatic rings. The Hall–Kier alpha value is -1.07. The first kappa shape index (κ1) is 13.0. The van der Waals surface area contributed by atoms with E-state index in [1.165, 1.54) is 11.3 Å². The van der Waals surface area contributed by atoms with Crippen LogP contribution in [0.5, 0.6) is 5.06 Å². The lowest BCUT2D eigenvalue weighted by Crippen LogP contribution is -2.35. The summed E-state index contributed by atoms with van der Waals surface area (Å²) in [5.74, 6) is -0.794. The van der Waals surface area contributed by atoms with Crippen LogP contribution in [0, 0.1) is 5.41 Å². The number of thiophene rings is 1. The van der Waals surface area contributed by atoms with E-state index in [2.05, 4.69) is 5.32 Å². The van der Waals surface area contributed by atoms with Gasteiger partial charge in [-0.3, -0.25) is 4.79 Å². The largest absolute Gasteiger partial charge is 0.487 e. The molecule has 0 radical (unpaired) electrons. The average Bonchev–Trinajstić information content (AvgIpc) is 2.64. The standard InChI is InChI=1S/C11H17NO3S/c1-11(2,10(13)14)7-12-6-8-4-5-16-9(8)15-3/h4-5,12H,6-7H2,1-3H3,(H,13,14). The molecule has 4 nitrogen and oxygen atoms in total. The van der Waals surface area contributed by atoms with Crippen LogP contribution in [0.2, 0.25) is 0 Å². The van der Waals surface area contributed by atoms with E-state index in [9.17, 15) is 4.79 Å². The molecule has 1 heterocycles. The highest BCUT2D eigenvalue weighted by atomic mass is 32.1. The third-order valence-electron chi connectivity index (χ3n) is 2.35. The summed E-state index contributed by atoms with van der Waals surface area (Å²) in [5.41, 5.74) is 0.317. The summed E-state index contributed by atoms with van der Waals surface area (Å²) in [4.78, 5) is 10.9. The molecule has 0 fully saturated rings. The molecular formula is C11H17NO3S. The number of carboxylic acid groups (broad SMARTS) is 1. The van der Waals surface area contributed by atoms with Gasteiger partial charge in [0.2, 0.25) is 0 Å². The minimum atomic E-state index is -0.794. The number of ether oxygens (including phenoxy) is 1. The first-order valence-corrected chi connectivity index (χ1v) is 5.90. The van der Waals surface area contributed by atoms with Gasteiger partial charge in [-0.2, -0.15) is 0 Å². The zero-order valence-corrected chi connectivity index (χ0v) is 10.6. The molecular weight excluding hydrogens is 226 g/mol. The molecule has 0 aliphatic heterocycles. The highest BCUT2D eigenvalue weighted by Gasteiger charge is 2.26. The van der Waals surface area contributed by atoms with Crippen molar-refractivity contribution >= 4 is 17.3 Å². The summed E-state index contributed by atoms with van der Waals surface area (Å²) < 4.78 is 5.18. The smallest absolute Gasteiger partial charge is 0.310 e. The Kier molecular flexibility index (Phi) is 4.32. The predicted molar refractivity (Wildman–Crippen MR) is 64.0 cm³/mol. The third-order valence-corrected chi connectivity index (χ3v) is 3.27. The number of aliphatic carboxylic acids is 1. The van der Waals surface area contributed by atoms with Crippen molar-refractivity contribution < 1.29 is 14.6 Å². The van der Waals surface area contributed by atoms with Gasteiger partial charge in [0.1, 0.15) is 0 Å². The summed E-state index contributed by atoms with van der Waals surface area (Å²) >= 11 is 1.54. The Labute approximate surface area is 99.2 Å². The van der Waals surface area contributed by atoms with Crippen LogP contribution in [0.3, 0.4) is 0 Å². The van der Waals surface area contributed by atoms with Gasteiger partial charge in [-0.1, -0.05) is 0 Å². The van der Waals surface area contributed by atoms with Gasteiger partial charge < -0.3 is 15.2 Å². The van der Waals surface area contributed by atoms with E-state index in [-0.39, 0.29) is 0 Å². The van der Waals surface area contributed by atoms with E-state index in [0.29, 0.717) is 13.1 Å². The van der Waals surface area contributed by atoms with Crippen molar-refractivity contribution in [3.63, 3.8) is 0 Å². The fourth-order valence-electron chi connectivity index (χ4n) is 1.22. The van der Waals surface area contributed by atoms with E-state index < -0.39 is 11.4 Å². The first-order valence-electron chi connectivity index (χ1n) is 5.02. The number of methoxy groups -OCH3 is 1. The maximum Gasteiger partial charge on any atom is 0.310 e. The van der Waals surface area contributed by atoms with Crippen LogP contribution in [0.1, 0.15) is 19.4 Å². The molecule has 0 unspecified atom stereocenters. The monoisotopic (exact) mass is 243 g/mol. The molecule has 0 atom stereocenters. The Bertz CT molecular complexity index is 360. The summed E-state index contributed by atoms with van der Waals surface area (Å²) in [6.07, 6.45) is 0. The quantitative estimate of drug-likeness (QED) is 0.802. The van der Waals surface area contributed by atoms with Gasteiger partial charge in [0.15, 0.2) is 5.06 Å². The summed E-state index contributed by atoms with van der Waals surface area (Å²) in [7, 11) is 1.64. The normalized spacial score (nSPS) is 11.4. The lowest BCUT2D eigenvalue weighted by molar-refractivity contribution is -0.146. The van der Waals surface area contributed by atoms with Crippen molar-refractivity contribution in [3.8, 4) is 5.06 Å². The van der Waals surface area contributed by atoms with Crippen LogP contribution in [-0.4, -0.2) is 24.7 Å². The van der Waals surface area contributed by atoms with Crippen molar-refractivity contribution in [2.75, 3.05) is 13.7 Å². The molecule has 0 aromatic carbocycles. The number of hydrogen-bond donors (Lipinski definition) is 2. The third kappa shape index (κ3) is 3.21. The zero-order chi connectivity index (χ0) is 12.2. The molecule has 0 saturated carbocycles. The van der Waals surface area contributed by atoms with Gasteiger partial charge in [0.05, 0.1) is 12.5 Å². The molecule has 0 amide bonds. The molecule has 0 bridgehead atoms. The van der Waals surface area contributed by atoms with E-state index in [1.54, 1.807) is 21.0 Å². The second-order valence-corrected chi connectivity index (χ2v) is 5.11. The summed E-state index contributed by atoms with van der Waals surface area (Å²) in [5, 5.41) is 14.9. The van der Waals surface area contributed by atoms with Gasteiger partial charge in [-0.15, -0.1) is 11.3 Å². The SMILES string of the molecule is COc1sccc1CNCC(C)(C)C(=O)O. The second-order valence-electron chi connectivity index (χ2n) is 4.23. The van der Waals surface area contributed by atoms with Gasteiger partial charge in [0.25, 0.3) is 0 Å². The average molecular weight is 243 g/mol. The van der Waals surface area contributed by atoms with Crippen molar-refractivity contribution in [3.05, 3.63) is 17.0 Å². The van der Waals surface area contributed by atoms with Gasteiger partial charge in [-0.25, -0.2) is 0 Å². The van der Waals surface area contributed by atoms with Crippen molar-refractivity contribution in [2.45, 2.75) is 20.4 Å². The number of carbonyl (C=O) groups is 1. The Morgan fingerprint density at radius 2 is 2.31 bits per heavy atom.